The van der Waals surface area contributed by atoms with Gasteiger partial charge in [-0.3, -0.25) is 4.90 Å². The number of anilines is 1. The van der Waals surface area contributed by atoms with Crippen LogP contribution in [0.3, 0.4) is 0 Å². The fraction of sp³-hybridized carbons (Fsp3) is 0.400. The van der Waals surface area contributed by atoms with E-state index in [4.69, 9.17) is 4.74 Å². The maximum absolute atomic E-state index is 12.9. The van der Waals surface area contributed by atoms with Crippen LogP contribution in [0.25, 0.3) is 0 Å². The van der Waals surface area contributed by atoms with Crippen LogP contribution in [0, 0.1) is 0 Å². The van der Waals surface area contributed by atoms with E-state index in [2.05, 4.69) is 28.4 Å². The van der Waals surface area contributed by atoms with Gasteiger partial charge in [0, 0.05) is 45.0 Å². The van der Waals surface area contributed by atoms with Gasteiger partial charge in [-0.2, -0.15) is 4.31 Å². The van der Waals surface area contributed by atoms with E-state index in [-0.39, 0.29) is 0 Å². The summed E-state index contributed by atoms with van der Waals surface area (Å²) in [6.07, 6.45) is 1.08. The molecule has 27 heavy (non-hydrogen) atoms. The third-order valence-corrected chi connectivity index (χ3v) is 7.27. The second-order valence-electron chi connectivity index (χ2n) is 6.98. The van der Waals surface area contributed by atoms with Crippen LogP contribution in [-0.4, -0.2) is 57.5 Å². The van der Waals surface area contributed by atoms with E-state index in [1.54, 1.807) is 35.7 Å². The Hall–Kier alpha value is -2.09. The lowest BCUT2D eigenvalue weighted by molar-refractivity contribution is 0.182. The zero-order valence-electron chi connectivity index (χ0n) is 15.5. The van der Waals surface area contributed by atoms with Crippen molar-refractivity contribution in [2.45, 2.75) is 17.9 Å². The first kappa shape index (κ1) is 18.3. The Balaban J connectivity index is 1.40. The number of methoxy groups -OCH3 is 1. The third-order valence-electron chi connectivity index (χ3n) is 5.36. The number of piperazine rings is 1. The minimum atomic E-state index is -3.45. The molecule has 0 saturated carbocycles. The number of benzene rings is 2. The van der Waals surface area contributed by atoms with Gasteiger partial charge < -0.3 is 10.1 Å². The zero-order chi connectivity index (χ0) is 18.9. The van der Waals surface area contributed by atoms with E-state index in [1.807, 2.05) is 0 Å². The number of rotatable bonds is 5. The minimum Gasteiger partial charge on any atom is -0.497 e. The van der Waals surface area contributed by atoms with E-state index in [0.29, 0.717) is 23.7 Å². The van der Waals surface area contributed by atoms with E-state index in [0.717, 1.165) is 32.6 Å². The van der Waals surface area contributed by atoms with Crippen molar-refractivity contribution in [2.75, 3.05) is 45.2 Å². The van der Waals surface area contributed by atoms with Gasteiger partial charge in [0.1, 0.15) is 5.75 Å². The summed E-state index contributed by atoms with van der Waals surface area (Å²) in [4.78, 5) is 2.65. The number of nitrogens with zero attached hydrogens (tertiary/aromatic N) is 2. The van der Waals surface area contributed by atoms with Gasteiger partial charge in [0.2, 0.25) is 10.0 Å². The molecule has 2 heterocycles. The van der Waals surface area contributed by atoms with Crippen LogP contribution in [0.5, 0.6) is 5.75 Å². The van der Waals surface area contributed by atoms with Crippen molar-refractivity contribution in [2.24, 2.45) is 0 Å². The molecule has 2 aliphatic heterocycles. The molecule has 144 valence electrons. The summed E-state index contributed by atoms with van der Waals surface area (Å²) in [7, 11) is -1.88. The van der Waals surface area contributed by atoms with Crippen molar-refractivity contribution in [3.8, 4) is 5.75 Å². The number of nitrogens with one attached hydrogen (secondary N) is 1. The first-order valence-electron chi connectivity index (χ1n) is 9.29. The number of hydrogen-bond donors (Lipinski definition) is 1. The molecular formula is C20H25N3O3S. The summed E-state index contributed by atoms with van der Waals surface area (Å²) in [6.45, 7) is 4.35. The number of sulfonamides is 1. The lowest BCUT2D eigenvalue weighted by Gasteiger charge is -2.34. The number of ether oxygens (including phenoxy) is 1. The third kappa shape index (κ3) is 3.67. The van der Waals surface area contributed by atoms with Crippen molar-refractivity contribution < 1.29 is 13.2 Å². The van der Waals surface area contributed by atoms with Crippen LogP contribution in [0.1, 0.15) is 11.1 Å². The summed E-state index contributed by atoms with van der Waals surface area (Å²) in [6, 6.07) is 13.1. The van der Waals surface area contributed by atoms with Crippen molar-refractivity contribution in [1.29, 1.82) is 0 Å². The standard InChI is InChI=1S/C20H25N3O3S/c1-26-18-5-7-19(8-6-18)27(24,25)23-13-11-22(12-14-23)15-17-4-2-3-16-9-10-21-20(16)17/h2-8,21H,9-15H2,1H3. The highest BCUT2D eigenvalue weighted by atomic mass is 32.2. The van der Waals surface area contributed by atoms with Crippen LogP contribution >= 0.6 is 0 Å². The van der Waals surface area contributed by atoms with Crippen LogP contribution in [0.2, 0.25) is 0 Å². The molecule has 0 aliphatic carbocycles. The fourth-order valence-electron chi connectivity index (χ4n) is 3.81. The van der Waals surface area contributed by atoms with Crippen molar-refractivity contribution in [3.05, 3.63) is 53.6 Å². The van der Waals surface area contributed by atoms with Gasteiger partial charge in [-0.05, 0) is 41.8 Å². The molecule has 0 bridgehead atoms. The van der Waals surface area contributed by atoms with Crippen LogP contribution < -0.4 is 10.1 Å². The van der Waals surface area contributed by atoms with Crippen LogP contribution in [0.15, 0.2) is 47.4 Å². The Morgan fingerprint density at radius 1 is 1.04 bits per heavy atom. The second kappa shape index (κ2) is 7.50. The summed E-state index contributed by atoms with van der Waals surface area (Å²) in [5.74, 6) is 0.655. The topological polar surface area (TPSA) is 61.9 Å². The molecule has 2 aliphatic rings. The molecule has 2 aromatic rings. The molecule has 0 spiro atoms. The highest BCUT2D eigenvalue weighted by molar-refractivity contribution is 7.89. The highest BCUT2D eigenvalue weighted by Crippen LogP contribution is 2.28. The van der Waals surface area contributed by atoms with Crippen molar-refractivity contribution in [3.63, 3.8) is 0 Å². The Morgan fingerprint density at radius 2 is 1.78 bits per heavy atom. The Morgan fingerprint density at radius 3 is 2.48 bits per heavy atom. The largest absolute Gasteiger partial charge is 0.497 e. The first-order chi connectivity index (χ1) is 13.1. The van der Waals surface area contributed by atoms with Gasteiger partial charge in [-0.15, -0.1) is 0 Å². The Kier molecular flexibility index (Phi) is 5.08. The van der Waals surface area contributed by atoms with Gasteiger partial charge in [0.25, 0.3) is 0 Å². The van der Waals surface area contributed by atoms with E-state index >= 15 is 0 Å². The quantitative estimate of drug-likeness (QED) is 0.852. The Labute approximate surface area is 160 Å². The average Bonchev–Trinajstić information content (AvgIpc) is 3.18. The molecule has 6 nitrogen and oxygen atoms in total. The maximum atomic E-state index is 12.9. The predicted molar refractivity (Wildman–Crippen MR) is 106 cm³/mol. The van der Waals surface area contributed by atoms with E-state index < -0.39 is 10.0 Å². The molecule has 2 aromatic carbocycles. The number of fused-ring (bicyclic) bond motifs is 1. The van der Waals surface area contributed by atoms with Gasteiger partial charge in [0.05, 0.1) is 12.0 Å². The summed E-state index contributed by atoms with van der Waals surface area (Å²) >= 11 is 0. The SMILES string of the molecule is COc1ccc(S(=O)(=O)N2CCN(Cc3cccc4c3NCC4)CC2)cc1. The molecular weight excluding hydrogens is 362 g/mol. The van der Waals surface area contributed by atoms with Crippen LogP contribution in [-0.2, 0) is 23.0 Å². The molecule has 4 rings (SSSR count). The molecule has 7 heteroatoms. The molecule has 0 atom stereocenters. The lowest BCUT2D eigenvalue weighted by Crippen LogP contribution is -2.48. The highest BCUT2D eigenvalue weighted by Gasteiger charge is 2.29. The maximum Gasteiger partial charge on any atom is 0.243 e. The van der Waals surface area contributed by atoms with Gasteiger partial charge in [-0.25, -0.2) is 8.42 Å². The first-order valence-corrected chi connectivity index (χ1v) is 10.7. The van der Waals surface area contributed by atoms with E-state index in [1.165, 1.54) is 16.8 Å². The lowest BCUT2D eigenvalue weighted by atomic mass is 10.1. The molecule has 1 N–H and O–H groups in total. The van der Waals surface area contributed by atoms with Gasteiger partial charge >= 0.3 is 0 Å². The molecule has 0 amide bonds. The van der Waals surface area contributed by atoms with Crippen LogP contribution in [0.4, 0.5) is 5.69 Å². The number of hydrogen-bond acceptors (Lipinski definition) is 5. The van der Waals surface area contributed by atoms with Crippen molar-refractivity contribution in [1.82, 2.24) is 9.21 Å². The number of para-hydroxylation sites is 1. The Bertz CT molecular complexity index is 905. The minimum absolute atomic E-state index is 0.321. The van der Waals surface area contributed by atoms with Gasteiger partial charge in [0.15, 0.2) is 0 Å². The summed E-state index contributed by atoms with van der Waals surface area (Å²) in [5.41, 5.74) is 3.95. The summed E-state index contributed by atoms with van der Waals surface area (Å²) in [5, 5.41) is 3.48. The molecule has 0 aromatic heterocycles. The zero-order valence-corrected chi connectivity index (χ0v) is 16.3. The second-order valence-corrected chi connectivity index (χ2v) is 8.92. The average molecular weight is 388 g/mol. The normalized spacial score (nSPS) is 18.1. The predicted octanol–water partition coefficient (Wildman–Crippen LogP) is 2.17. The molecule has 0 radical (unpaired) electrons. The molecule has 1 fully saturated rings. The van der Waals surface area contributed by atoms with Crippen molar-refractivity contribution >= 4 is 15.7 Å². The van der Waals surface area contributed by atoms with Gasteiger partial charge in [-0.1, -0.05) is 18.2 Å². The molecule has 0 unspecified atom stereocenters. The molecule has 1 saturated heterocycles. The summed E-state index contributed by atoms with van der Waals surface area (Å²) < 4.78 is 32.4. The fourth-order valence-corrected chi connectivity index (χ4v) is 5.23. The van der Waals surface area contributed by atoms with E-state index in [9.17, 15) is 8.42 Å². The smallest absolute Gasteiger partial charge is 0.243 e. The monoisotopic (exact) mass is 387 g/mol.